The van der Waals surface area contributed by atoms with Crippen molar-refractivity contribution in [3.05, 3.63) is 47.9 Å². The lowest BCUT2D eigenvalue weighted by molar-refractivity contribution is 0.0637. The minimum atomic E-state index is -0.0254. The topological polar surface area (TPSA) is 61.4 Å². The monoisotopic (exact) mass is 339 g/mol. The Hall–Kier alpha value is -2.47. The molecule has 3 rings (SSSR count). The molecule has 0 spiro atoms. The Balaban J connectivity index is 1.67. The van der Waals surface area contributed by atoms with E-state index in [4.69, 9.17) is 0 Å². The summed E-state index contributed by atoms with van der Waals surface area (Å²) in [6.45, 7) is 8.64. The van der Waals surface area contributed by atoms with Crippen LogP contribution in [0.2, 0.25) is 0 Å². The normalized spacial score (nSPS) is 15.2. The van der Waals surface area contributed by atoms with E-state index < -0.39 is 0 Å². The molecule has 1 N–H and O–H groups in total. The van der Waals surface area contributed by atoms with Crippen LogP contribution >= 0.6 is 0 Å². The molecule has 1 amide bonds. The zero-order valence-electron chi connectivity index (χ0n) is 14.9. The summed E-state index contributed by atoms with van der Waals surface area (Å²) in [7, 11) is 0. The number of amides is 1. The van der Waals surface area contributed by atoms with Gasteiger partial charge in [-0.3, -0.25) is 4.79 Å². The van der Waals surface area contributed by atoms with Crippen molar-refractivity contribution in [2.24, 2.45) is 0 Å². The van der Waals surface area contributed by atoms with E-state index >= 15 is 0 Å². The fourth-order valence-corrected chi connectivity index (χ4v) is 2.94. The smallest absolute Gasteiger partial charge is 0.272 e. The molecule has 0 saturated carbocycles. The van der Waals surface area contributed by atoms with Crippen molar-refractivity contribution in [2.45, 2.75) is 20.3 Å². The second kappa shape index (κ2) is 8.07. The molecule has 2 aromatic rings. The lowest BCUT2D eigenvalue weighted by Gasteiger charge is -2.33. The highest BCUT2D eigenvalue weighted by Crippen LogP contribution is 2.16. The van der Waals surface area contributed by atoms with E-state index in [2.05, 4.69) is 46.2 Å². The van der Waals surface area contributed by atoms with Gasteiger partial charge in [-0.1, -0.05) is 26.0 Å². The Kier molecular flexibility index (Phi) is 5.60. The molecule has 1 aliphatic heterocycles. The number of hydrogen-bond acceptors (Lipinski definition) is 5. The number of likely N-dealkylation sites (N-methyl/N-ethyl adjacent to an activating group) is 1. The van der Waals surface area contributed by atoms with Crippen molar-refractivity contribution < 1.29 is 4.79 Å². The molecular formula is C19H25N5O. The first-order valence-corrected chi connectivity index (χ1v) is 8.89. The molecule has 25 heavy (non-hydrogen) atoms. The van der Waals surface area contributed by atoms with Crippen LogP contribution in [0.4, 0.5) is 11.5 Å². The van der Waals surface area contributed by atoms with Gasteiger partial charge in [-0.05, 0) is 30.7 Å². The Bertz CT molecular complexity index is 708. The number of nitrogens with one attached hydrogen (secondary N) is 1. The average molecular weight is 339 g/mol. The van der Waals surface area contributed by atoms with Gasteiger partial charge in [0.15, 0.2) is 0 Å². The standard InChI is InChI=1S/C19H25N5O/c1-3-15-5-7-16(8-6-15)22-18-13-17(20-14-21-18)19(25)24-11-9-23(4-2)10-12-24/h5-8,13-14H,3-4,9-12H2,1-2H3,(H,20,21,22). The zero-order valence-corrected chi connectivity index (χ0v) is 14.9. The molecule has 1 fully saturated rings. The van der Waals surface area contributed by atoms with Crippen LogP contribution in [0.25, 0.3) is 0 Å². The molecule has 1 saturated heterocycles. The highest BCUT2D eigenvalue weighted by molar-refractivity contribution is 5.93. The maximum absolute atomic E-state index is 12.7. The molecule has 0 unspecified atom stereocenters. The molecule has 1 aliphatic rings. The highest BCUT2D eigenvalue weighted by Gasteiger charge is 2.22. The molecule has 6 heteroatoms. The van der Waals surface area contributed by atoms with Crippen molar-refractivity contribution in [3.63, 3.8) is 0 Å². The Morgan fingerprint density at radius 1 is 1.08 bits per heavy atom. The summed E-state index contributed by atoms with van der Waals surface area (Å²) >= 11 is 0. The fourth-order valence-electron chi connectivity index (χ4n) is 2.94. The van der Waals surface area contributed by atoms with Crippen LogP contribution in [-0.4, -0.2) is 58.4 Å². The summed E-state index contributed by atoms with van der Waals surface area (Å²) < 4.78 is 0. The fraction of sp³-hybridized carbons (Fsp3) is 0.421. The summed E-state index contributed by atoms with van der Waals surface area (Å²) in [5.41, 5.74) is 2.67. The van der Waals surface area contributed by atoms with Crippen molar-refractivity contribution in [1.29, 1.82) is 0 Å². The second-order valence-electron chi connectivity index (χ2n) is 6.19. The van der Waals surface area contributed by atoms with E-state index in [0.717, 1.165) is 44.8 Å². The molecule has 2 heterocycles. The number of anilines is 2. The summed E-state index contributed by atoms with van der Waals surface area (Å²) in [6.07, 6.45) is 2.45. The Morgan fingerprint density at radius 3 is 2.44 bits per heavy atom. The van der Waals surface area contributed by atoms with Crippen LogP contribution in [0, 0.1) is 0 Å². The molecule has 0 bridgehead atoms. The minimum absolute atomic E-state index is 0.0254. The quantitative estimate of drug-likeness (QED) is 0.907. The molecule has 1 aromatic heterocycles. The summed E-state index contributed by atoms with van der Waals surface area (Å²) in [6, 6.07) is 9.94. The van der Waals surface area contributed by atoms with Crippen LogP contribution in [0.1, 0.15) is 29.9 Å². The predicted octanol–water partition coefficient (Wildman–Crippen LogP) is 2.56. The Labute approximate surface area is 148 Å². The number of carbonyl (C=O) groups is 1. The van der Waals surface area contributed by atoms with E-state index in [1.807, 2.05) is 17.0 Å². The van der Waals surface area contributed by atoms with Gasteiger partial charge in [0.05, 0.1) is 0 Å². The first-order valence-electron chi connectivity index (χ1n) is 8.89. The second-order valence-corrected chi connectivity index (χ2v) is 6.19. The lowest BCUT2D eigenvalue weighted by Crippen LogP contribution is -2.48. The van der Waals surface area contributed by atoms with Gasteiger partial charge in [-0.25, -0.2) is 9.97 Å². The van der Waals surface area contributed by atoms with Gasteiger partial charge >= 0.3 is 0 Å². The highest BCUT2D eigenvalue weighted by atomic mass is 16.2. The number of aryl methyl sites for hydroxylation is 1. The summed E-state index contributed by atoms with van der Waals surface area (Å²) in [5, 5.41) is 3.24. The molecule has 0 radical (unpaired) electrons. The molecule has 0 atom stereocenters. The maximum atomic E-state index is 12.7. The third-order valence-electron chi connectivity index (χ3n) is 4.63. The maximum Gasteiger partial charge on any atom is 0.272 e. The van der Waals surface area contributed by atoms with E-state index in [-0.39, 0.29) is 5.91 Å². The largest absolute Gasteiger partial charge is 0.340 e. The number of benzene rings is 1. The van der Waals surface area contributed by atoms with Crippen molar-refractivity contribution in [3.8, 4) is 0 Å². The van der Waals surface area contributed by atoms with Crippen LogP contribution < -0.4 is 5.32 Å². The number of aromatic nitrogens is 2. The van der Waals surface area contributed by atoms with Gasteiger partial charge in [0.25, 0.3) is 5.91 Å². The van der Waals surface area contributed by atoms with E-state index in [9.17, 15) is 4.79 Å². The number of piperazine rings is 1. The number of carbonyl (C=O) groups excluding carboxylic acids is 1. The SMILES string of the molecule is CCc1ccc(Nc2cc(C(=O)N3CCN(CC)CC3)ncn2)cc1. The third kappa shape index (κ3) is 4.33. The van der Waals surface area contributed by atoms with Crippen LogP contribution in [0.5, 0.6) is 0 Å². The minimum Gasteiger partial charge on any atom is -0.340 e. The van der Waals surface area contributed by atoms with Gasteiger partial charge in [0.2, 0.25) is 0 Å². The molecule has 1 aromatic carbocycles. The third-order valence-corrected chi connectivity index (χ3v) is 4.63. The first-order chi connectivity index (χ1) is 12.2. The van der Waals surface area contributed by atoms with Crippen molar-refractivity contribution in [2.75, 3.05) is 38.0 Å². The van der Waals surface area contributed by atoms with Crippen molar-refractivity contribution in [1.82, 2.24) is 19.8 Å². The molecule has 132 valence electrons. The molecule has 0 aliphatic carbocycles. The number of hydrogen-bond donors (Lipinski definition) is 1. The van der Waals surface area contributed by atoms with Gasteiger partial charge in [0.1, 0.15) is 17.8 Å². The van der Waals surface area contributed by atoms with E-state index in [1.54, 1.807) is 6.07 Å². The van der Waals surface area contributed by atoms with E-state index in [0.29, 0.717) is 11.5 Å². The number of nitrogens with zero attached hydrogens (tertiary/aromatic N) is 4. The van der Waals surface area contributed by atoms with Crippen molar-refractivity contribution >= 4 is 17.4 Å². The zero-order chi connectivity index (χ0) is 17.6. The Morgan fingerprint density at radius 2 is 1.80 bits per heavy atom. The van der Waals surface area contributed by atoms with Gasteiger partial charge < -0.3 is 15.1 Å². The van der Waals surface area contributed by atoms with Crippen LogP contribution in [0.15, 0.2) is 36.7 Å². The van der Waals surface area contributed by atoms with E-state index in [1.165, 1.54) is 11.9 Å². The predicted molar refractivity (Wildman–Crippen MR) is 99.2 cm³/mol. The first kappa shape index (κ1) is 17.4. The summed E-state index contributed by atoms with van der Waals surface area (Å²) in [5.74, 6) is 0.609. The van der Waals surface area contributed by atoms with Gasteiger partial charge in [-0.15, -0.1) is 0 Å². The average Bonchev–Trinajstić information content (AvgIpc) is 2.68. The molecular weight excluding hydrogens is 314 g/mol. The summed E-state index contributed by atoms with van der Waals surface area (Å²) in [4.78, 5) is 25.3. The van der Waals surface area contributed by atoms with Gasteiger partial charge in [0, 0.05) is 37.9 Å². The number of rotatable bonds is 5. The lowest BCUT2D eigenvalue weighted by atomic mass is 10.1. The van der Waals surface area contributed by atoms with Gasteiger partial charge in [-0.2, -0.15) is 0 Å². The van der Waals surface area contributed by atoms with Crippen LogP contribution in [0.3, 0.4) is 0 Å². The van der Waals surface area contributed by atoms with Crippen LogP contribution in [-0.2, 0) is 6.42 Å². The molecule has 6 nitrogen and oxygen atoms in total.